The molecule has 0 radical (unpaired) electrons. The lowest BCUT2D eigenvalue weighted by atomic mass is 9.94. The molecule has 0 aromatic heterocycles. The lowest BCUT2D eigenvalue weighted by Crippen LogP contribution is -2.38. The summed E-state index contributed by atoms with van der Waals surface area (Å²) in [6.07, 6.45) is 0. The zero-order valence-corrected chi connectivity index (χ0v) is 20.4. The Hall–Kier alpha value is -2.83. The van der Waals surface area contributed by atoms with Crippen LogP contribution in [0, 0.1) is 6.92 Å². The van der Waals surface area contributed by atoms with Crippen LogP contribution in [0.5, 0.6) is 5.75 Å². The predicted octanol–water partition coefficient (Wildman–Crippen LogP) is 4.81. The third-order valence-electron chi connectivity index (χ3n) is 5.95. The second kappa shape index (κ2) is 10.9. The molecule has 1 aliphatic heterocycles. The number of likely N-dealkylation sites (N-methyl/N-ethyl adjacent to an activating group) is 1. The summed E-state index contributed by atoms with van der Waals surface area (Å²) in [7, 11) is 0. The van der Waals surface area contributed by atoms with Crippen molar-refractivity contribution >= 4 is 29.1 Å². The van der Waals surface area contributed by atoms with Gasteiger partial charge in [-0.1, -0.05) is 55.3 Å². The number of halogens is 1. The van der Waals surface area contributed by atoms with Gasteiger partial charge in [-0.2, -0.15) is 0 Å². The third kappa shape index (κ3) is 5.23. The smallest absolute Gasteiger partial charge is 0.295 e. The van der Waals surface area contributed by atoms with Crippen molar-refractivity contribution in [1.29, 1.82) is 0 Å². The minimum atomic E-state index is -0.688. The minimum absolute atomic E-state index is 0.0786. The number of carbonyl (C=O) groups is 2. The molecule has 3 rings (SSSR count). The standard InChI is InChI=1S/C26H31ClN2O4/c1-5-28(6-2)13-14-29-23(18-10-8-9-17(4)15-18)22(25(31)26(29)32)24(30)19-11-12-20(27)21(16-19)33-7-3/h8-12,15-16,23,30H,5-7,13-14H2,1-4H3/b24-22-. The van der Waals surface area contributed by atoms with Crippen LogP contribution >= 0.6 is 11.6 Å². The molecule has 1 fully saturated rings. The number of Topliss-reactive ketones (excluding diaryl/α,β-unsaturated/α-hetero) is 1. The van der Waals surface area contributed by atoms with Gasteiger partial charge in [0.15, 0.2) is 0 Å². The predicted molar refractivity (Wildman–Crippen MR) is 131 cm³/mol. The lowest BCUT2D eigenvalue weighted by Gasteiger charge is -2.28. The Labute approximate surface area is 200 Å². The first kappa shape index (κ1) is 24.8. The number of amides is 1. The summed E-state index contributed by atoms with van der Waals surface area (Å²) >= 11 is 6.20. The molecule has 1 aliphatic rings. The second-order valence-electron chi connectivity index (χ2n) is 8.01. The van der Waals surface area contributed by atoms with Crippen LogP contribution in [0.4, 0.5) is 0 Å². The van der Waals surface area contributed by atoms with E-state index in [2.05, 4.69) is 18.7 Å². The minimum Gasteiger partial charge on any atom is -0.507 e. The number of aliphatic hydroxyl groups is 1. The molecule has 1 unspecified atom stereocenters. The van der Waals surface area contributed by atoms with Crippen molar-refractivity contribution in [3.8, 4) is 5.75 Å². The zero-order valence-electron chi connectivity index (χ0n) is 19.6. The molecule has 176 valence electrons. The number of aliphatic hydroxyl groups excluding tert-OH is 1. The van der Waals surface area contributed by atoms with Gasteiger partial charge in [0.05, 0.1) is 23.2 Å². The van der Waals surface area contributed by atoms with Crippen molar-refractivity contribution < 1.29 is 19.4 Å². The molecule has 0 saturated carbocycles. The first-order valence-corrected chi connectivity index (χ1v) is 11.7. The summed E-state index contributed by atoms with van der Waals surface area (Å²) in [5, 5.41) is 11.7. The van der Waals surface area contributed by atoms with Gasteiger partial charge in [0, 0.05) is 18.7 Å². The van der Waals surface area contributed by atoms with Crippen LogP contribution in [0.25, 0.3) is 5.76 Å². The molecule has 1 N–H and O–H groups in total. The monoisotopic (exact) mass is 470 g/mol. The molecule has 0 spiro atoms. The van der Waals surface area contributed by atoms with E-state index in [1.54, 1.807) is 23.1 Å². The number of rotatable bonds is 9. The Morgan fingerprint density at radius 2 is 1.85 bits per heavy atom. The van der Waals surface area contributed by atoms with E-state index >= 15 is 0 Å². The van der Waals surface area contributed by atoms with Crippen LogP contribution in [0.15, 0.2) is 48.0 Å². The first-order chi connectivity index (χ1) is 15.8. The van der Waals surface area contributed by atoms with Gasteiger partial charge in [0.1, 0.15) is 11.5 Å². The van der Waals surface area contributed by atoms with Crippen LogP contribution < -0.4 is 4.74 Å². The molecule has 1 saturated heterocycles. The van der Waals surface area contributed by atoms with Gasteiger partial charge in [-0.15, -0.1) is 0 Å². The number of hydrogen-bond acceptors (Lipinski definition) is 5. The van der Waals surface area contributed by atoms with Gasteiger partial charge in [0.2, 0.25) is 0 Å². The van der Waals surface area contributed by atoms with Gasteiger partial charge in [-0.05, 0) is 50.7 Å². The highest BCUT2D eigenvalue weighted by molar-refractivity contribution is 6.46. The zero-order chi connectivity index (χ0) is 24.1. The molecule has 1 atom stereocenters. The van der Waals surface area contributed by atoms with Crippen LogP contribution in [0.1, 0.15) is 43.5 Å². The largest absolute Gasteiger partial charge is 0.507 e. The Morgan fingerprint density at radius 1 is 1.12 bits per heavy atom. The lowest BCUT2D eigenvalue weighted by molar-refractivity contribution is -0.140. The molecule has 1 heterocycles. The molecule has 7 heteroatoms. The molecule has 0 bridgehead atoms. The molecule has 2 aromatic rings. The summed E-state index contributed by atoms with van der Waals surface area (Å²) in [4.78, 5) is 30.0. The average Bonchev–Trinajstić information content (AvgIpc) is 3.06. The number of nitrogens with zero attached hydrogens (tertiary/aromatic N) is 2. The van der Waals surface area contributed by atoms with Crippen molar-refractivity contribution in [2.45, 2.75) is 33.7 Å². The Bertz CT molecular complexity index is 1060. The van der Waals surface area contributed by atoms with E-state index in [0.717, 1.165) is 24.2 Å². The van der Waals surface area contributed by atoms with Crippen molar-refractivity contribution in [2.24, 2.45) is 0 Å². The number of ether oxygens (including phenoxy) is 1. The van der Waals surface area contributed by atoms with Gasteiger partial charge in [-0.25, -0.2) is 0 Å². The number of aryl methyl sites for hydroxylation is 1. The van der Waals surface area contributed by atoms with Gasteiger partial charge in [-0.3, -0.25) is 9.59 Å². The highest BCUT2D eigenvalue weighted by Crippen LogP contribution is 2.40. The maximum absolute atomic E-state index is 13.2. The van der Waals surface area contributed by atoms with Crippen molar-refractivity contribution in [2.75, 3.05) is 32.8 Å². The average molecular weight is 471 g/mol. The van der Waals surface area contributed by atoms with Gasteiger partial charge >= 0.3 is 0 Å². The fourth-order valence-electron chi connectivity index (χ4n) is 4.16. The third-order valence-corrected chi connectivity index (χ3v) is 6.27. The molecule has 1 amide bonds. The van der Waals surface area contributed by atoms with Crippen LogP contribution in [-0.4, -0.2) is 59.4 Å². The Kier molecular flexibility index (Phi) is 8.16. The van der Waals surface area contributed by atoms with Crippen molar-refractivity contribution in [3.05, 3.63) is 69.8 Å². The quantitative estimate of drug-likeness (QED) is 0.323. The fraction of sp³-hybridized carbons (Fsp3) is 0.385. The molecule has 6 nitrogen and oxygen atoms in total. The Balaban J connectivity index is 2.12. The number of hydrogen-bond donors (Lipinski definition) is 1. The molecule has 33 heavy (non-hydrogen) atoms. The Morgan fingerprint density at radius 3 is 2.48 bits per heavy atom. The van der Waals surface area contributed by atoms with E-state index in [0.29, 0.717) is 36.0 Å². The van der Waals surface area contributed by atoms with Crippen molar-refractivity contribution in [3.63, 3.8) is 0 Å². The van der Waals surface area contributed by atoms with Gasteiger partial charge < -0.3 is 19.6 Å². The van der Waals surface area contributed by atoms with E-state index in [-0.39, 0.29) is 11.3 Å². The normalized spacial score (nSPS) is 17.8. The molecule has 2 aromatic carbocycles. The van der Waals surface area contributed by atoms with E-state index in [9.17, 15) is 14.7 Å². The van der Waals surface area contributed by atoms with E-state index < -0.39 is 17.7 Å². The SMILES string of the molecule is CCOc1cc(/C(O)=C2/C(=O)C(=O)N(CCN(CC)CC)C2c2cccc(C)c2)ccc1Cl. The summed E-state index contributed by atoms with van der Waals surface area (Å²) in [5.74, 6) is -1.12. The maximum Gasteiger partial charge on any atom is 0.295 e. The first-order valence-electron chi connectivity index (χ1n) is 11.3. The molecule has 0 aliphatic carbocycles. The number of benzene rings is 2. The maximum atomic E-state index is 13.2. The second-order valence-corrected chi connectivity index (χ2v) is 8.42. The summed E-state index contributed by atoms with van der Waals surface area (Å²) < 4.78 is 5.54. The van der Waals surface area contributed by atoms with E-state index in [4.69, 9.17) is 16.3 Å². The highest BCUT2D eigenvalue weighted by Gasteiger charge is 2.46. The van der Waals surface area contributed by atoms with Gasteiger partial charge in [0.25, 0.3) is 11.7 Å². The number of carbonyl (C=O) groups excluding carboxylic acids is 2. The van der Waals surface area contributed by atoms with Crippen LogP contribution in [0.2, 0.25) is 5.02 Å². The highest BCUT2D eigenvalue weighted by atomic mass is 35.5. The van der Waals surface area contributed by atoms with Crippen LogP contribution in [0.3, 0.4) is 0 Å². The summed E-state index contributed by atoms with van der Waals surface area (Å²) in [6.45, 7) is 11.0. The number of likely N-dealkylation sites (tertiary alicyclic amines) is 1. The molecular weight excluding hydrogens is 440 g/mol. The fourth-order valence-corrected chi connectivity index (χ4v) is 4.33. The van der Waals surface area contributed by atoms with Crippen LogP contribution in [-0.2, 0) is 9.59 Å². The van der Waals surface area contributed by atoms with Crippen molar-refractivity contribution in [1.82, 2.24) is 9.80 Å². The van der Waals surface area contributed by atoms with E-state index in [1.165, 1.54) is 0 Å². The summed E-state index contributed by atoms with van der Waals surface area (Å²) in [6, 6.07) is 11.8. The number of ketones is 1. The van der Waals surface area contributed by atoms with E-state index in [1.807, 2.05) is 38.1 Å². The topological polar surface area (TPSA) is 70.1 Å². The molecular formula is C26H31ClN2O4. The summed E-state index contributed by atoms with van der Waals surface area (Å²) in [5.41, 5.74) is 2.25.